The summed E-state index contributed by atoms with van der Waals surface area (Å²) in [5.41, 5.74) is 0.979. The van der Waals surface area contributed by atoms with Crippen LogP contribution >= 0.6 is 15.9 Å². The van der Waals surface area contributed by atoms with Gasteiger partial charge in [0.05, 0.1) is 13.7 Å². The zero-order valence-corrected chi connectivity index (χ0v) is 9.74. The monoisotopic (exact) mass is 260 g/mol. The van der Waals surface area contributed by atoms with Crippen LogP contribution in [-0.4, -0.2) is 18.7 Å². The summed E-state index contributed by atoms with van der Waals surface area (Å²) in [6.07, 6.45) is 1.69. The van der Waals surface area contributed by atoms with E-state index in [9.17, 15) is 0 Å². The van der Waals surface area contributed by atoms with Crippen LogP contribution in [0.3, 0.4) is 0 Å². The third-order valence-electron chi connectivity index (χ3n) is 1.92. The molecule has 1 unspecified atom stereocenters. The number of rotatable bonds is 4. The summed E-state index contributed by atoms with van der Waals surface area (Å²) < 4.78 is 6.05. The minimum absolute atomic E-state index is 0.153. The maximum Gasteiger partial charge on any atom is 0.216 e. The molecular formula is C9H13BrN2O2. The first kappa shape index (κ1) is 11.4. The smallest absolute Gasteiger partial charge is 0.216 e. The number of pyridine rings is 1. The maximum atomic E-state index is 5.14. The molecule has 14 heavy (non-hydrogen) atoms. The summed E-state index contributed by atoms with van der Waals surface area (Å²) in [5, 5.41) is 0. The molecule has 2 N–H and O–H groups in total. The second-order valence-electron chi connectivity index (χ2n) is 2.99. The van der Waals surface area contributed by atoms with Crippen LogP contribution < -0.4 is 10.6 Å². The predicted molar refractivity (Wildman–Crippen MR) is 57.0 cm³/mol. The Morgan fingerprint density at radius 2 is 2.36 bits per heavy atom. The van der Waals surface area contributed by atoms with Gasteiger partial charge in [-0.3, -0.25) is 0 Å². The largest absolute Gasteiger partial charge is 0.481 e. The van der Waals surface area contributed by atoms with E-state index in [0.717, 1.165) is 10.0 Å². The van der Waals surface area contributed by atoms with Crippen molar-refractivity contribution in [2.24, 2.45) is 5.90 Å². The van der Waals surface area contributed by atoms with Crippen LogP contribution in [0, 0.1) is 0 Å². The topological polar surface area (TPSA) is 57.4 Å². The van der Waals surface area contributed by atoms with E-state index < -0.39 is 0 Å². The zero-order chi connectivity index (χ0) is 10.6. The number of aromatic nitrogens is 1. The highest BCUT2D eigenvalue weighted by Gasteiger charge is 2.13. The molecule has 0 aliphatic heterocycles. The zero-order valence-electron chi connectivity index (χ0n) is 8.16. The Kier molecular flexibility index (Phi) is 4.31. The lowest BCUT2D eigenvalue weighted by Gasteiger charge is -2.13. The van der Waals surface area contributed by atoms with Crippen LogP contribution in [0.2, 0.25) is 0 Å². The van der Waals surface area contributed by atoms with Crippen LogP contribution in [0.4, 0.5) is 0 Å². The minimum Gasteiger partial charge on any atom is -0.481 e. The molecule has 0 amide bonds. The molecule has 0 aliphatic carbocycles. The molecule has 0 saturated carbocycles. The molecule has 0 fully saturated rings. The van der Waals surface area contributed by atoms with Crippen molar-refractivity contribution in [3.63, 3.8) is 0 Å². The lowest BCUT2D eigenvalue weighted by atomic mass is 10.0. The molecule has 0 aromatic carbocycles. The molecule has 0 saturated heterocycles. The number of nitrogens with two attached hydrogens (primary N) is 1. The second kappa shape index (κ2) is 5.29. The average molecular weight is 261 g/mol. The van der Waals surface area contributed by atoms with Gasteiger partial charge in [0.15, 0.2) is 0 Å². The molecule has 4 nitrogen and oxygen atoms in total. The summed E-state index contributed by atoms with van der Waals surface area (Å²) >= 11 is 3.35. The molecule has 5 heteroatoms. The van der Waals surface area contributed by atoms with E-state index in [1.807, 2.05) is 13.0 Å². The van der Waals surface area contributed by atoms with Crippen molar-refractivity contribution >= 4 is 15.9 Å². The highest BCUT2D eigenvalue weighted by molar-refractivity contribution is 9.10. The Labute approximate surface area is 91.5 Å². The van der Waals surface area contributed by atoms with Crippen molar-refractivity contribution in [1.29, 1.82) is 0 Å². The first-order chi connectivity index (χ1) is 6.69. The molecular weight excluding hydrogens is 248 g/mol. The Bertz CT molecular complexity index is 307. The highest BCUT2D eigenvalue weighted by Crippen LogP contribution is 2.27. The number of halogens is 1. The summed E-state index contributed by atoms with van der Waals surface area (Å²) in [4.78, 5) is 8.73. The van der Waals surface area contributed by atoms with Gasteiger partial charge in [0.2, 0.25) is 5.88 Å². The molecule has 1 heterocycles. The van der Waals surface area contributed by atoms with Crippen LogP contribution in [0.15, 0.2) is 16.7 Å². The molecule has 1 aromatic rings. The van der Waals surface area contributed by atoms with Crippen molar-refractivity contribution in [1.82, 2.24) is 4.98 Å². The lowest BCUT2D eigenvalue weighted by Crippen LogP contribution is -2.10. The fourth-order valence-electron chi connectivity index (χ4n) is 1.20. The molecule has 0 spiro atoms. The summed E-state index contributed by atoms with van der Waals surface area (Å²) in [6, 6.07) is 1.95. The first-order valence-corrected chi connectivity index (χ1v) is 4.99. The summed E-state index contributed by atoms with van der Waals surface area (Å²) in [6.45, 7) is 2.44. The van der Waals surface area contributed by atoms with Gasteiger partial charge in [0.25, 0.3) is 0 Å². The molecule has 0 radical (unpaired) electrons. The Balaban J connectivity index is 2.97. The first-order valence-electron chi connectivity index (χ1n) is 4.20. The van der Waals surface area contributed by atoms with Gasteiger partial charge in [-0.2, -0.15) is 0 Å². The average Bonchev–Trinajstić information content (AvgIpc) is 2.18. The van der Waals surface area contributed by atoms with Gasteiger partial charge in [-0.05, 0) is 22.0 Å². The Morgan fingerprint density at radius 1 is 1.64 bits per heavy atom. The maximum absolute atomic E-state index is 5.14. The summed E-state index contributed by atoms with van der Waals surface area (Å²) in [7, 11) is 1.59. The third kappa shape index (κ3) is 2.67. The van der Waals surface area contributed by atoms with E-state index >= 15 is 0 Å². The number of hydrogen-bond donors (Lipinski definition) is 1. The molecule has 78 valence electrons. The molecule has 1 atom stereocenters. The van der Waals surface area contributed by atoms with Gasteiger partial charge >= 0.3 is 0 Å². The van der Waals surface area contributed by atoms with Crippen molar-refractivity contribution in [3.05, 3.63) is 22.3 Å². The van der Waals surface area contributed by atoms with Gasteiger partial charge in [0.1, 0.15) is 0 Å². The Morgan fingerprint density at radius 3 is 2.93 bits per heavy atom. The van der Waals surface area contributed by atoms with Gasteiger partial charge in [0, 0.05) is 22.2 Å². The van der Waals surface area contributed by atoms with Crippen LogP contribution in [0.5, 0.6) is 5.88 Å². The van der Waals surface area contributed by atoms with Crippen molar-refractivity contribution in [2.45, 2.75) is 12.8 Å². The van der Waals surface area contributed by atoms with E-state index in [0.29, 0.717) is 12.5 Å². The van der Waals surface area contributed by atoms with Gasteiger partial charge in [-0.15, -0.1) is 0 Å². The van der Waals surface area contributed by atoms with E-state index in [2.05, 4.69) is 25.8 Å². The Hall–Kier alpha value is -0.650. The fraction of sp³-hybridized carbons (Fsp3) is 0.444. The van der Waals surface area contributed by atoms with Crippen molar-refractivity contribution in [3.8, 4) is 5.88 Å². The van der Waals surface area contributed by atoms with Gasteiger partial charge in [-0.1, -0.05) is 6.92 Å². The predicted octanol–water partition coefficient (Wildman–Crippen LogP) is 1.85. The molecule has 1 aromatic heterocycles. The highest BCUT2D eigenvalue weighted by atomic mass is 79.9. The number of hydrogen-bond acceptors (Lipinski definition) is 4. The van der Waals surface area contributed by atoms with Crippen LogP contribution in [-0.2, 0) is 4.84 Å². The standard InChI is InChI=1S/C9H13BrN2O2/c1-6(5-14-11)8-3-7(10)4-12-9(8)13-2/h3-4,6H,5,11H2,1-2H3. The lowest BCUT2D eigenvalue weighted by molar-refractivity contribution is 0.126. The number of ether oxygens (including phenoxy) is 1. The SMILES string of the molecule is COc1ncc(Br)cc1C(C)CON. The van der Waals surface area contributed by atoms with E-state index in [4.69, 9.17) is 10.6 Å². The van der Waals surface area contributed by atoms with Crippen LogP contribution in [0.1, 0.15) is 18.4 Å². The third-order valence-corrected chi connectivity index (χ3v) is 2.35. The van der Waals surface area contributed by atoms with Crippen molar-refractivity contribution < 1.29 is 9.57 Å². The van der Waals surface area contributed by atoms with E-state index in [1.165, 1.54) is 0 Å². The normalized spacial score (nSPS) is 12.6. The minimum atomic E-state index is 0.153. The van der Waals surface area contributed by atoms with Gasteiger partial charge in [-0.25, -0.2) is 10.9 Å². The fourth-order valence-corrected chi connectivity index (χ4v) is 1.55. The molecule has 0 bridgehead atoms. The van der Waals surface area contributed by atoms with Gasteiger partial charge < -0.3 is 9.57 Å². The molecule has 1 rings (SSSR count). The number of nitrogens with zero attached hydrogens (tertiary/aromatic N) is 1. The second-order valence-corrected chi connectivity index (χ2v) is 3.90. The quantitative estimate of drug-likeness (QED) is 0.840. The van der Waals surface area contributed by atoms with Crippen LogP contribution in [0.25, 0.3) is 0 Å². The summed E-state index contributed by atoms with van der Waals surface area (Å²) in [5.74, 6) is 5.79. The van der Waals surface area contributed by atoms with E-state index in [-0.39, 0.29) is 5.92 Å². The number of methoxy groups -OCH3 is 1. The van der Waals surface area contributed by atoms with Crippen molar-refractivity contribution in [2.75, 3.05) is 13.7 Å². The van der Waals surface area contributed by atoms with E-state index in [1.54, 1.807) is 13.3 Å². The molecule has 0 aliphatic rings.